The van der Waals surface area contributed by atoms with Crippen molar-refractivity contribution < 1.29 is 9.53 Å². The second-order valence-corrected chi connectivity index (χ2v) is 5.21. The molecule has 0 aromatic heterocycles. The molecule has 6 nitrogen and oxygen atoms in total. The Hall–Kier alpha value is -1.16. The highest BCUT2D eigenvalue weighted by molar-refractivity contribution is 5.78. The first kappa shape index (κ1) is 16.9. The molecule has 0 unspecified atom stereocenters. The van der Waals surface area contributed by atoms with Crippen LogP contribution in [0.1, 0.15) is 25.7 Å². The number of hydrogen-bond acceptors (Lipinski definition) is 5. The first-order valence-corrected chi connectivity index (χ1v) is 7.32. The number of likely N-dealkylation sites (tertiary alicyclic amines) is 1. The number of nitrogens with zero attached hydrogens (tertiary/aromatic N) is 3. The van der Waals surface area contributed by atoms with Crippen LogP contribution in [0.4, 0.5) is 0 Å². The minimum atomic E-state index is 0.0859. The van der Waals surface area contributed by atoms with Gasteiger partial charge in [-0.05, 0) is 25.8 Å². The van der Waals surface area contributed by atoms with Gasteiger partial charge in [0.25, 0.3) is 0 Å². The summed E-state index contributed by atoms with van der Waals surface area (Å²) in [5, 5.41) is 8.52. The second kappa shape index (κ2) is 9.70. The summed E-state index contributed by atoms with van der Waals surface area (Å²) < 4.78 is 5.74. The van der Waals surface area contributed by atoms with Gasteiger partial charge in [-0.3, -0.25) is 9.69 Å². The van der Waals surface area contributed by atoms with Crippen molar-refractivity contribution in [2.75, 3.05) is 46.4 Å². The van der Waals surface area contributed by atoms with Crippen LogP contribution < -0.4 is 5.73 Å². The SMILES string of the molecule is CN(CCC#N)C(=O)CN1CCC(OCCCN)CC1. The Kier molecular flexibility index (Phi) is 8.19. The Morgan fingerprint density at radius 2 is 2.20 bits per heavy atom. The Labute approximate surface area is 121 Å². The zero-order chi connectivity index (χ0) is 14.8. The van der Waals surface area contributed by atoms with Gasteiger partial charge in [-0.25, -0.2) is 0 Å². The highest BCUT2D eigenvalue weighted by atomic mass is 16.5. The Morgan fingerprint density at radius 3 is 2.80 bits per heavy atom. The fraction of sp³-hybridized carbons (Fsp3) is 0.857. The number of piperidine rings is 1. The molecule has 0 aromatic rings. The maximum atomic E-state index is 11.9. The fourth-order valence-corrected chi connectivity index (χ4v) is 2.22. The van der Waals surface area contributed by atoms with Crippen molar-refractivity contribution in [2.24, 2.45) is 5.73 Å². The first-order valence-electron chi connectivity index (χ1n) is 7.32. The van der Waals surface area contributed by atoms with Gasteiger partial charge in [0.1, 0.15) is 0 Å². The summed E-state index contributed by atoms with van der Waals surface area (Å²) in [6, 6.07) is 2.05. The molecule has 0 spiro atoms. The molecular formula is C14H26N4O2. The monoisotopic (exact) mass is 282 g/mol. The number of ether oxygens (including phenoxy) is 1. The number of hydrogen-bond donors (Lipinski definition) is 1. The molecule has 0 saturated carbocycles. The number of likely N-dealkylation sites (N-methyl/N-ethyl adjacent to an activating group) is 1. The molecule has 1 amide bonds. The average molecular weight is 282 g/mol. The molecule has 20 heavy (non-hydrogen) atoms. The van der Waals surface area contributed by atoms with Gasteiger partial charge in [0, 0.05) is 33.3 Å². The fourth-order valence-electron chi connectivity index (χ4n) is 2.22. The zero-order valence-electron chi connectivity index (χ0n) is 12.4. The summed E-state index contributed by atoms with van der Waals surface area (Å²) in [6.07, 6.45) is 3.55. The Balaban J connectivity index is 2.18. The van der Waals surface area contributed by atoms with Crippen LogP contribution in [0.15, 0.2) is 0 Å². The molecule has 1 saturated heterocycles. The summed E-state index contributed by atoms with van der Waals surface area (Å²) in [5.74, 6) is 0.0859. The Morgan fingerprint density at radius 1 is 1.50 bits per heavy atom. The van der Waals surface area contributed by atoms with Crippen molar-refractivity contribution in [2.45, 2.75) is 31.8 Å². The lowest BCUT2D eigenvalue weighted by Gasteiger charge is -2.32. The molecule has 1 heterocycles. The van der Waals surface area contributed by atoms with Gasteiger partial charge in [-0.1, -0.05) is 0 Å². The topological polar surface area (TPSA) is 82.6 Å². The number of rotatable bonds is 8. The van der Waals surface area contributed by atoms with Gasteiger partial charge in [0.05, 0.1) is 25.1 Å². The molecule has 6 heteroatoms. The van der Waals surface area contributed by atoms with E-state index in [9.17, 15) is 4.79 Å². The van der Waals surface area contributed by atoms with Gasteiger partial charge < -0.3 is 15.4 Å². The second-order valence-electron chi connectivity index (χ2n) is 5.21. The van der Waals surface area contributed by atoms with Crippen molar-refractivity contribution >= 4 is 5.91 Å². The number of carbonyl (C=O) groups is 1. The summed E-state index contributed by atoms with van der Waals surface area (Å²) in [7, 11) is 1.75. The molecule has 1 fully saturated rings. The molecule has 114 valence electrons. The lowest BCUT2D eigenvalue weighted by Crippen LogP contribution is -2.43. The predicted molar refractivity (Wildman–Crippen MR) is 77.0 cm³/mol. The average Bonchev–Trinajstić information content (AvgIpc) is 2.46. The van der Waals surface area contributed by atoms with Gasteiger partial charge >= 0.3 is 0 Å². The zero-order valence-corrected chi connectivity index (χ0v) is 12.4. The van der Waals surface area contributed by atoms with Crippen LogP contribution >= 0.6 is 0 Å². The van der Waals surface area contributed by atoms with E-state index in [0.29, 0.717) is 32.2 Å². The van der Waals surface area contributed by atoms with Crippen molar-refractivity contribution in [3.63, 3.8) is 0 Å². The molecule has 1 aliphatic rings. The van der Waals surface area contributed by atoms with E-state index in [1.54, 1.807) is 11.9 Å². The van der Waals surface area contributed by atoms with Crippen LogP contribution in [-0.2, 0) is 9.53 Å². The van der Waals surface area contributed by atoms with Crippen molar-refractivity contribution in [1.82, 2.24) is 9.80 Å². The van der Waals surface area contributed by atoms with Crippen LogP contribution in [0, 0.1) is 11.3 Å². The highest BCUT2D eigenvalue weighted by Gasteiger charge is 2.22. The smallest absolute Gasteiger partial charge is 0.236 e. The maximum absolute atomic E-state index is 11.9. The summed E-state index contributed by atoms with van der Waals surface area (Å²) in [5.41, 5.74) is 5.43. The van der Waals surface area contributed by atoms with E-state index >= 15 is 0 Å². The molecular weight excluding hydrogens is 256 g/mol. The minimum Gasteiger partial charge on any atom is -0.378 e. The van der Waals surface area contributed by atoms with E-state index in [1.165, 1.54) is 0 Å². The van der Waals surface area contributed by atoms with Crippen LogP contribution in [0.5, 0.6) is 0 Å². The molecule has 0 bridgehead atoms. The van der Waals surface area contributed by atoms with Gasteiger partial charge in [0.2, 0.25) is 5.91 Å². The van der Waals surface area contributed by atoms with E-state index in [1.807, 2.05) is 0 Å². The van der Waals surface area contributed by atoms with E-state index in [4.69, 9.17) is 15.7 Å². The standard InChI is InChI=1S/C14H26N4O2/c1-17(8-2-6-15)14(19)12-18-9-4-13(5-10-18)20-11-3-7-16/h13H,2-5,7-12,16H2,1H3. The van der Waals surface area contributed by atoms with Crippen molar-refractivity contribution in [3.05, 3.63) is 0 Å². The molecule has 0 aliphatic carbocycles. The number of nitriles is 1. The molecule has 0 atom stereocenters. The largest absolute Gasteiger partial charge is 0.378 e. The minimum absolute atomic E-state index is 0.0859. The summed E-state index contributed by atoms with van der Waals surface area (Å²) in [4.78, 5) is 15.7. The summed E-state index contributed by atoms with van der Waals surface area (Å²) >= 11 is 0. The molecule has 0 radical (unpaired) electrons. The summed E-state index contributed by atoms with van der Waals surface area (Å²) in [6.45, 7) is 4.14. The predicted octanol–water partition coefficient (Wildman–Crippen LogP) is 0.188. The molecule has 1 rings (SSSR count). The highest BCUT2D eigenvalue weighted by Crippen LogP contribution is 2.13. The van der Waals surface area contributed by atoms with E-state index in [-0.39, 0.29) is 5.91 Å². The van der Waals surface area contributed by atoms with Crippen LogP contribution in [0.3, 0.4) is 0 Å². The van der Waals surface area contributed by atoms with Gasteiger partial charge in [-0.2, -0.15) is 5.26 Å². The number of amides is 1. The maximum Gasteiger partial charge on any atom is 0.236 e. The molecule has 2 N–H and O–H groups in total. The van der Waals surface area contributed by atoms with Crippen molar-refractivity contribution in [3.8, 4) is 6.07 Å². The third-order valence-electron chi connectivity index (χ3n) is 3.58. The Bertz CT molecular complexity index is 322. The number of carbonyl (C=O) groups excluding carboxylic acids is 1. The molecule has 1 aliphatic heterocycles. The molecule has 0 aromatic carbocycles. The number of nitrogens with two attached hydrogens (primary N) is 1. The van der Waals surface area contributed by atoms with Crippen LogP contribution in [0.2, 0.25) is 0 Å². The quantitative estimate of drug-likeness (QED) is 0.643. The first-order chi connectivity index (χ1) is 9.67. The normalized spacial score (nSPS) is 16.9. The van der Waals surface area contributed by atoms with Crippen LogP contribution in [0.25, 0.3) is 0 Å². The third-order valence-corrected chi connectivity index (χ3v) is 3.58. The lowest BCUT2D eigenvalue weighted by molar-refractivity contribution is -0.131. The van der Waals surface area contributed by atoms with Crippen molar-refractivity contribution in [1.29, 1.82) is 5.26 Å². The van der Waals surface area contributed by atoms with Gasteiger partial charge in [0.15, 0.2) is 0 Å². The lowest BCUT2D eigenvalue weighted by atomic mass is 10.1. The van der Waals surface area contributed by atoms with E-state index in [0.717, 1.165) is 39.0 Å². The van der Waals surface area contributed by atoms with Crippen LogP contribution in [-0.4, -0.2) is 68.2 Å². The van der Waals surface area contributed by atoms with E-state index < -0.39 is 0 Å². The third kappa shape index (κ3) is 6.33. The van der Waals surface area contributed by atoms with E-state index in [2.05, 4.69) is 11.0 Å². The van der Waals surface area contributed by atoms with Gasteiger partial charge in [-0.15, -0.1) is 0 Å².